The van der Waals surface area contributed by atoms with Crippen molar-refractivity contribution >= 4 is 17.8 Å². The van der Waals surface area contributed by atoms with Crippen LogP contribution in [0.25, 0.3) is 11.3 Å². The second-order valence-corrected chi connectivity index (χ2v) is 5.97. The van der Waals surface area contributed by atoms with Gasteiger partial charge in [-0.15, -0.1) is 0 Å². The first-order valence-electron chi connectivity index (χ1n) is 7.65. The molecule has 1 aromatic heterocycles. The molecule has 0 aliphatic carbocycles. The lowest BCUT2D eigenvalue weighted by Crippen LogP contribution is -2.35. The summed E-state index contributed by atoms with van der Waals surface area (Å²) >= 11 is 0. The monoisotopic (exact) mass is 327 g/mol. The summed E-state index contributed by atoms with van der Waals surface area (Å²) in [6, 6.07) is 8.73. The van der Waals surface area contributed by atoms with Gasteiger partial charge in [0, 0.05) is 12.1 Å². The highest BCUT2D eigenvalue weighted by molar-refractivity contribution is 6.44. The highest BCUT2D eigenvalue weighted by atomic mass is 16.4. The Morgan fingerprint density at radius 2 is 1.71 bits per heavy atom. The van der Waals surface area contributed by atoms with Crippen LogP contribution in [0.5, 0.6) is 0 Å². The number of rotatable bonds is 5. The quantitative estimate of drug-likeness (QED) is 0.621. The minimum Gasteiger partial charge on any atom is -0.439 e. The number of carbonyl (C=O) groups excluding carboxylic acids is 3. The third kappa shape index (κ3) is 2.92. The standard InChI is InChI=1S/C17H17N3O4/c1-11(2)9-19-15(21)16(22)20(17(19)23)10-14-18-8-13(24-14)12-6-4-3-5-7-12/h3-8,11H,9-10H2,1-2H3. The molecule has 0 bridgehead atoms. The molecule has 7 nitrogen and oxygen atoms in total. The number of amides is 4. The van der Waals surface area contributed by atoms with E-state index in [0.29, 0.717) is 5.76 Å². The molecule has 2 aromatic rings. The van der Waals surface area contributed by atoms with Crippen LogP contribution in [0.1, 0.15) is 19.7 Å². The van der Waals surface area contributed by atoms with E-state index in [4.69, 9.17) is 4.42 Å². The molecule has 7 heteroatoms. The molecule has 0 atom stereocenters. The molecule has 24 heavy (non-hydrogen) atoms. The molecular formula is C17H17N3O4. The van der Waals surface area contributed by atoms with Crippen LogP contribution in [-0.2, 0) is 16.1 Å². The largest absolute Gasteiger partial charge is 0.439 e. The van der Waals surface area contributed by atoms with E-state index < -0.39 is 17.8 Å². The van der Waals surface area contributed by atoms with Crippen LogP contribution in [0, 0.1) is 5.92 Å². The van der Waals surface area contributed by atoms with E-state index in [9.17, 15) is 14.4 Å². The van der Waals surface area contributed by atoms with Crippen molar-refractivity contribution in [2.24, 2.45) is 5.92 Å². The molecule has 3 rings (SSSR count). The van der Waals surface area contributed by atoms with Crippen molar-refractivity contribution in [3.63, 3.8) is 0 Å². The zero-order valence-electron chi connectivity index (χ0n) is 13.4. The fraction of sp³-hybridized carbons (Fsp3) is 0.294. The molecule has 0 spiro atoms. The minimum absolute atomic E-state index is 0.0806. The van der Waals surface area contributed by atoms with E-state index in [1.54, 1.807) is 0 Å². The van der Waals surface area contributed by atoms with Gasteiger partial charge in [0.15, 0.2) is 5.76 Å². The van der Waals surface area contributed by atoms with Crippen LogP contribution in [0.4, 0.5) is 4.79 Å². The third-order valence-corrected chi connectivity index (χ3v) is 3.59. The molecule has 1 fully saturated rings. The van der Waals surface area contributed by atoms with Crippen molar-refractivity contribution in [3.8, 4) is 11.3 Å². The van der Waals surface area contributed by atoms with Crippen LogP contribution >= 0.6 is 0 Å². The second-order valence-electron chi connectivity index (χ2n) is 5.97. The average molecular weight is 327 g/mol. The minimum atomic E-state index is -0.847. The maximum Gasteiger partial charge on any atom is 0.334 e. The zero-order chi connectivity index (χ0) is 17.3. The molecule has 1 aromatic carbocycles. The van der Waals surface area contributed by atoms with Crippen LogP contribution in [-0.4, -0.2) is 39.2 Å². The molecule has 0 radical (unpaired) electrons. The number of urea groups is 1. The van der Waals surface area contributed by atoms with Crippen LogP contribution in [0.3, 0.4) is 0 Å². The molecule has 4 amide bonds. The van der Waals surface area contributed by atoms with Gasteiger partial charge >= 0.3 is 17.8 Å². The first-order chi connectivity index (χ1) is 11.5. The summed E-state index contributed by atoms with van der Waals surface area (Å²) in [7, 11) is 0. The third-order valence-electron chi connectivity index (χ3n) is 3.59. The molecule has 1 aliphatic heterocycles. The summed E-state index contributed by atoms with van der Waals surface area (Å²) in [6.07, 6.45) is 1.53. The molecule has 1 aliphatic rings. The Hall–Kier alpha value is -2.96. The number of hydrogen-bond acceptors (Lipinski definition) is 5. The summed E-state index contributed by atoms with van der Waals surface area (Å²) in [5.41, 5.74) is 0.841. The number of aromatic nitrogens is 1. The Bertz CT molecular complexity index is 782. The van der Waals surface area contributed by atoms with Crippen LogP contribution in [0.15, 0.2) is 40.9 Å². The van der Waals surface area contributed by atoms with Gasteiger partial charge in [0.1, 0.15) is 6.54 Å². The molecule has 0 N–H and O–H groups in total. The lowest BCUT2D eigenvalue weighted by molar-refractivity contribution is -0.143. The number of imide groups is 2. The van der Waals surface area contributed by atoms with Gasteiger partial charge in [0.2, 0.25) is 5.89 Å². The maximum absolute atomic E-state index is 12.3. The van der Waals surface area contributed by atoms with Gasteiger partial charge in [0.05, 0.1) is 6.20 Å². The number of hydrogen-bond donors (Lipinski definition) is 0. The van der Waals surface area contributed by atoms with Gasteiger partial charge in [0.25, 0.3) is 0 Å². The Balaban J connectivity index is 1.77. The Labute approximate surface area is 138 Å². The SMILES string of the molecule is CC(C)CN1C(=O)C(=O)N(Cc2ncc(-c3ccccc3)o2)C1=O. The Morgan fingerprint density at radius 3 is 2.38 bits per heavy atom. The number of oxazole rings is 1. The fourth-order valence-corrected chi connectivity index (χ4v) is 2.47. The van der Waals surface area contributed by atoms with Crippen LogP contribution < -0.4 is 0 Å². The molecule has 0 unspecified atom stereocenters. The van der Waals surface area contributed by atoms with Gasteiger partial charge in [-0.3, -0.25) is 14.5 Å². The van der Waals surface area contributed by atoms with E-state index in [-0.39, 0.29) is 24.9 Å². The number of nitrogens with zero attached hydrogens (tertiary/aromatic N) is 3. The number of benzene rings is 1. The van der Waals surface area contributed by atoms with Gasteiger partial charge in [-0.2, -0.15) is 0 Å². The summed E-state index contributed by atoms with van der Waals surface area (Å²) in [5.74, 6) is -0.828. The Kier molecular flexibility index (Phi) is 4.16. The topological polar surface area (TPSA) is 83.7 Å². The van der Waals surface area contributed by atoms with Gasteiger partial charge in [-0.05, 0) is 5.92 Å². The van der Waals surface area contributed by atoms with Gasteiger partial charge < -0.3 is 4.42 Å². The molecular weight excluding hydrogens is 310 g/mol. The van der Waals surface area contributed by atoms with E-state index in [1.165, 1.54) is 6.20 Å². The van der Waals surface area contributed by atoms with Crippen molar-refractivity contribution in [1.29, 1.82) is 0 Å². The van der Waals surface area contributed by atoms with Gasteiger partial charge in [-0.25, -0.2) is 14.7 Å². The predicted molar refractivity (Wildman–Crippen MR) is 84.4 cm³/mol. The van der Waals surface area contributed by atoms with E-state index >= 15 is 0 Å². The van der Waals surface area contributed by atoms with Crippen molar-refractivity contribution in [2.45, 2.75) is 20.4 Å². The average Bonchev–Trinajstić information content (AvgIpc) is 3.11. The highest BCUT2D eigenvalue weighted by Crippen LogP contribution is 2.22. The first-order valence-corrected chi connectivity index (χ1v) is 7.65. The second kappa shape index (κ2) is 6.27. The van der Waals surface area contributed by atoms with Crippen molar-refractivity contribution < 1.29 is 18.8 Å². The summed E-state index contributed by atoms with van der Waals surface area (Å²) in [5, 5.41) is 0. The normalized spacial score (nSPS) is 15.0. The van der Waals surface area contributed by atoms with E-state index in [2.05, 4.69) is 4.98 Å². The zero-order valence-corrected chi connectivity index (χ0v) is 13.4. The lowest BCUT2D eigenvalue weighted by Gasteiger charge is -2.16. The fourth-order valence-electron chi connectivity index (χ4n) is 2.47. The molecule has 124 valence electrons. The molecule has 1 saturated heterocycles. The lowest BCUT2D eigenvalue weighted by atomic mass is 10.2. The Morgan fingerprint density at radius 1 is 1.04 bits per heavy atom. The van der Waals surface area contributed by atoms with E-state index in [1.807, 2.05) is 44.2 Å². The molecule has 0 saturated carbocycles. The van der Waals surface area contributed by atoms with E-state index in [0.717, 1.165) is 15.4 Å². The van der Waals surface area contributed by atoms with Crippen LogP contribution in [0.2, 0.25) is 0 Å². The summed E-state index contributed by atoms with van der Waals surface area (Å²) in [4.78, 5) is 42.2. The van der Waals surface area contributed by atoms with Crippen molar-refractivity contribution in [2.75, 3.05) is 6.54 Å². The van der Waals surface area contributed by atoms with Crippen molar-refractivity contribution in [3.05, 3.63) is 42.4 Å². The number of carbonyl (C=O) groups is 3. The summed E-state index contributed by atoms with van der Waals surface area (Å²) < 4.78 is 5.59. The van der Waals surface area contributed by atoms with Gasteiger partial charge in [-0.1, -0.05) is 44.2 Å². The maximum atomic E-state index is 12.3. The summed E-state index contributed by atoms with van der Waals surface area (Å²) in [6.45, 7) is 3.79. The first kappa shape index (κ1) is 15.9. The molecule has 2 heterocycles. The smallest absolute Gasteiger partial charge is 0.334 e. The predicted octanol–water partition coefficient (Wildman–Crippen LogP) is 2.29. The van der Waals surface area contributed by atoms with Crippen molar-refractivity contribution in [1.82, 2.24) is 14.8 Å². The highest BCUT2D eigenvalue weighted by Gasteiger charge is 2.45.